The van der Waals surface area contributed by atoms with E-state index in [0.717, 1.165) is 17.0 Å². The van der Waals surface area contributed by atoms with Crippen molar-refractivity contribution in [3.63, 3.8) is 0 Å². The van der Waals surface area contributed by atoms with Crippen LogP contribution in [0.4, 0.5) is 0 Å². The van der Waals surface area contributed by atoms with Crippen LogP contribution < -0.4 is 4.57 Å². The molecular formula is C24H30N3O+. The molecule has 0 fully saturated rings. The topological polar surface area (TPSA) is 34.8 Å². The zero-order chi connectivity index (χ0) is 20.4. The van der Waals surface area contributed by atoms with E-state index < -0.39 is 0 Å². The Morgan fingerprint density at radius 2 is 1.68 bits per heavy atom. The van der Waals surface area contributed by atoms with E-state index in [1.54, 1.807) is 0 Å². The van der Waals surface area contributed by atoms with Gasteiger partial charge in [-0.1, -0.05) is 32.9 Å². The number of benzene rings is 2. The van der Waals surface area contributed by atoms with E-state index in [1.807, 2.05) is 0 Å². The predicted octanol–water partition coefficient (Wildman–Crippen LogP) is 5.63. The molecule has 0 spiro atoms. The molecule has 2 aromatic carbocycles. The van der Waals surface area contributed by atoms with Gasteiger partial charge < -0.3 is 4.42 Å². The molecule has 0 aliphatic rings. The SMILES string of the molecule is Cc1cc2nc(C(C)(C)C)oc2cc1-c1n(C(C)(C)C)c2ccccc2[n+]1C. The van der Waals surface area contributed by atoms with Crippen LogP contribution in [0, 0.1) is 6.92 Å². The van der Waals surface area contributed by atoms with E-state index in [2.05, 4.69) is 101 Å². The number of rotatable bonds is 1. The third-order valence-electron chi connectivity index (χ3n) is 5.30. The Balaban J connectivity index is 2.06. The van der Waals surface area contributed by atoms with Crippen LogP contribution in [-0.2, 0) is 18.0 Å². The molecule has 0 radical (unpaired) electrons. The van der Waals surface area contributed by atoms with Crippen molar-refractivity contribution in [3.8, 4) is 11.4 Å². The molecule has 146 valence electrons. The molecule has 0 atom stereocenters. The Labute approximate surface area is 166 Å². The summed E-state index contributed by atoms with van der Waals surface area (Å²) in [6.07, 6.45) is 0. The van der Waals surface area contributed by atoms with Gasteiger partial charge in [0.15, 0.2) is 16.6 Å². The lowest BCUT2D eigenvalue weighted by Gasteiger charge is -2.18. The van der Waals surface area contributed by atoms with E-state index in [9.17, 15) is 0 Å². The second-order valence-corrected chi connectivity index (χ2v) is 9.78. The van der Waals surface area contributed by atoms with Gasteiger partial charge in [-0.15, -0.1) is 0 Å². The van der Waals surface area contributed by atoms with Crippen LogP contribution in [0.5, 0.6) is 0 Å². The van der Waals surface area contributed by atoms with Gasteiger partial charge in [0, 0.05) is 5.41 Å². The van der Waals surface area contributed by atoms with Gasteiger partial charge in [-0.2, -0.15) is 0 Å². The number of nitrogens with zero attached hydrogens (tertiary/aromatic N) is 3. The number of imidazole rings is 1. The van der Waals surface area contributed by atoms with Crippen molar-refractivity contribution in [2.45, 2.75) is 59.4 Å². The lowest BCUT2D eigenvalue weighted by molar-refractivity contribution is -0.634. The summed E-state index contributed by atoms with van der Waals surface area (Å²) in [6.45, 7) is 15.3. The summed E-state index contributed by atoms with van der Waals surface area (Å²) < 4.78 is 10.9. The Hall–Kier alpha value is -2.62. The summed E-state index contributed by atoms with van der Waals surface area (Å²) >= 11 is 0. The second-order valence-electron chi connectivity index (χ2n) is 9.78. The maximum atomic E-state index is 6.16. The zero-order valence-corrected chi connectivity index (χ0v) is 18.2. The number of aromatic nitrogens is 3. The van der Waals surface area contributed by atoms with E-state index in [-0.39, 0.29) is 11.0 Å². The minimum absolute atomic E-state index is 0.0599. The van der Waals surface area contributed by atoms with E-state index in [1.165, 1.54) is 28.0 Å². The van der Waals surface area contributed by atoms with Crippen molar-refractivity contribution in [1.82, 2.24) is 9.55 Å². The van der Waals surface area contributed by atoms with Gasteiger partial charge in [-0.25, -0.2) is 14.1 Å². The van der Waals surface area contributed by atoms with Gasteiger partial charge in [0.2, 0.25) is 5.89 Å². The maximum Gasteiger partial charge on any atom is 0.290 e. The Kier molecular flexibility index (Phi) is 3.97. The first-order valence-electron chi connectivity index (χ1n) is 9.90. The van der Waals surface area contributed by atoms with E-state index in [0.29, 0.717) is 0 Å². The van der Waals surface area contributed by atoms with Crippen LogP contribution in [0.3, 0.4) is 0 Å². The average Bonchev–Trinajstić information content (AvgIpc) is 3.12. The number of aryl methyl sites for hydroxylation is 2. The van der Waals surface area contributed by atoms with Gasteiger partial charge in [0.1, 0.15) is 11.1 Å². The van der Waals surface area contributed by atoms with Gasteiger partial charge in [-0.05, 0) is 57.5 Å². The Morgan fingerprint density at radius 3 is 2.32 bits per heavy atom. The fourth-order valence-corrected chi connectivity index (χ4v) is 3.94. The molecule has 0 aliphatic carbocycles. The monoisotopic (exact) mass is 376 g/mol. The minimum atomic E-state index is -0.113. The molecule has 0 N–H and O–H groups in total. The molecule has 28 heavy (non-hydrogen) atoms. The van der Waals surface area contributed by atoms with Crippen LogP contribution in [0.25, 0.3) is 33.5 Å². The first kappa shape index (κ1) is 18.7. The molecule has 2 aromatic heterocycles. The van der Waals surface area contributed by atoms with Gasteiger partial charge in [-0.3, -0.25) is 0 Å². The van der Waals surface area contributed by atoms with Crippen molar-refractivity contribution < 1.29 is 8.98 Å². The molecule has 4 rings (SSSR count). The highest BCUT2D eigenvalue weighted by Crippen LogP contribution is 2.34. The van der Waals surface area contributed by atoms with Gasteiger partial charge in [0.05, 0.1) is 12.6 Å². The highest BCUT2D eigenvalue weighted by molar-refractivity contribution is 5.83. The van der Waals surface area contributed by atoms with Crippen molar-refractivity contribution in [3.05, 3.63) is 47.9 Å². The molecule has 0 bridgehead atoms. The summed E-state index contributed by atoms with van der Waals surface area (Å²) in [5, 5.41) is 0. The molecule has 2 heterocycles. The largest absolute Gasteiger partial charge is 0.440 e. The number of fused-ring (bicyclic) bond motifs is 2. The Morgan fingerprint density at radius 1 is 1.00 bits per heavy atom. The molecular weight excluding hydrogens is 346 g/mol. The lowest BCUT2D eigenvalue weighted by atomic mass is 9.97. The highest BCUT2D eigenvalue weighted by Gasteiger charge is 2.33. The molecule has 0 amide bonds. The molecule has 4 heteroatoms. The number of oxazole rings is 1. The second kappa shape index (κ2) is 5.94. The molecule has 0 aliphatic heterocycles. The zero-order valence-electron chi connectivity index (χ0n) is 18.2. The van der Waals surface area contributed by atoms with Crippen molar-refractivity contribution in [2.75, 3.05) is 0 Å². The van der Waals surface area contributed by atoms with E-state index >= 15 is 0 Å². The van der Waals surface area contributed by atoms with E-state index in [4.69, 9.17) is 9.40 Å². The fraction of sp³-hybridized carbons (Fsp3) is 0.417. The summed E-state index contributed by atoms with van der Waals surface area (Å²) in [7, 11) is 2.14. The van der Waals surface area contributed by atoms with Crippen LogP contribution in [-0.4, -0.2) is 9.55 Å². The summed E-state index contributed by atoms with van der Waals surface area (Å²) in [5.74, 6) is 1.96. The van der Waals surface area contributed by atoms with Crippen molar-refractivity contribution in [2.24, 2.45) is 7.05 Å². The predicted molar refractivity (Wildman–Crippen MR) is 115 cm³/mol. The van der Waals surface area contributed by atoms with Gasteiger partial charge >= 0.3 is 0 Å². The number of para-hydroxylation sites is 2. The minimum Gasteiger partial charge on any atom is -0.440 e. The smallest absolute Gasteiger partial charge is 0.290 e. The first-order valence-corrected chi connectivity index (χ1v) is 9.90. The molecule has 0 saturated carbocycles. The van der Waals surface area contributed by atoms with Gasteiger partial charge in [0.25, 0.3) is 5.82 Å². The van der Waals surface area contributed by atoms with Crippen molar-refractivity contribution in [1.29, 1.82) is 0 Å². The van der Waals surface area contributed by atoms with Crippen molar-refractivity contribution >= 4 is 22.1 Å². The molecule has 4 aromatic rings. The summed E-state index contributed by atoms with van der Waals surface area (Å²) in [4.78, 5) is 4.74. The third kappa shape index (κ3) is 2.83. The lowest BCUT2D eigenvalue weighted by Crippen LogP contribution is -2.33. The van der Waals surface area contributed by atoms with Crippen LogP contribution >= 0.6 is 0 Å². The molecule has 0 saturated heterocycles. The van der Waals surface area contributed by atoms with Crippen LogP contribution in [0.1, 0.15) is 53.0 Å². The Bertz CT molecular complexity index is 1200. The number of hydrogen-bond acceptors (Lipinski definition) is 2. The molecule has 0 unspecified atom stereocenters. The average molecular weight is 377 g/mol. The highest BCUT2D eigenvalue weighted by atomic mass is 16.3. The van der Waals surface area contributed by atoms with Crippen LogP contribution in [0.15, 0.2) is 40.8 Å². The number of hydrogen-bond donors (Lipinski definition) is 0. The summed E-state index contributed by atoms with van der Waals surface area (Å²) in [6, 6.07) is 12.9. The fourth-order valence-electron chi connectivity index (χ4n) is 3.94. The quantitative estimate of drug-likeness (QED) is 0.403. The van der Waals surface area contributed by atoms with Crippen LogP contribution in [0.2, 0.25) is 0 Å². The summed E-state index contributed by atoms with van der Waals surface area (Å²) in [5.41, 5.74) is 6.43. The normalized spacial score (nSPS) is 13.0. The first-order chi connectivity index (χ1) is 13.0. The molecule has 4 nitrogen and oxygen atoms in total. The standard InChI is InChI=1S/C24H30N3O/c1-15-13-17-20(28-22(25-17)23(2,3)4)14-16(15)21-26(8)18-11-9-10-12-19(18)27(21)24(5,6)7/h9-14H,1-8H3/q+1. The maximum absolute atomic E-state index is 6.16. The third-order valence-corrected chi connectivity index (χ3v) is 5.30.